The number of nitrogens with one attached hydrogen (secondary N) is 2. The highest BCUT2D eigenvalue weighted by Crippen LogP contribution is 2.30. The minimum absolute atomic E-state index is 0.0249. The van der Waals surface area contributed by atoms with Gasteiger partial charge >= 0.3 is 0 Å². The molecule has 2 rings (SSSR count). The van der Waals surface area contributed by atoms with Gasteiger partial charge < -0.3 is 20.3 Å². The van der Waals surface area contributed by atoms with Crippen LogP contribution in [-0.4, -0.2) is 50.5 Å². The summed E-state index contributed by atoms with van der Waals surface area (Å²) in [5.41, 5.74) is 1.24. The molecule has 0 saturated carbocycles. The van der Waals surface area contributed by atoms with Crippen LogP contribution in [0.2, 0.25) is 0 Å². The second-order valence-corrected chi connectivity index (χ2v) is 4.43. The van der Waals surface area contributed by atoms with Crippen molar-refractivity contribution >= 4 is 17.5 Å². The molecule has 1 aromatic carbocycles. The number of amides is 2. The third-order valence-corrected chi connectivity index (χ3v) is 2.82. The lowest BCUT2D eigenvalue weighted by Gasteiger charge is -2.21. The van der Waals surface area contributed by atoms with Gasteiger partial charge in [0.2, 0.25) is 5.91 Å². The van der Waals surface area contributed by atoms with Crippen molar-refractivity contribution in [3.05, 3.63) is 23.8 Å². The summed E-state index contributed by atoms with van der Waals surface area (Å²) in [6, 6.07) is 5.32. The number of carbonyl (C=O) groups excluding carboxylic acids is 2. The van der Waals surface area contributed by atoms with Crippen molar-refractivity contribution in [2.45, 2.75) is 0 Å². The molecule has 1 heterocycles. The third kappa shape index (κ3) is 2.96. The molecular weight excluding hydrogens is 246 g/mol. The molecule has 0 fully saturated rings. The molecule has 0 bridgehead atoms. The Morgan fingerprint density at radius 3 is 2.95 bits per heavy atom. The van der Waals surface area contributed by atoms with E-state index in [9.17, 15) is 9.59 Å². The Bertz CT molecular complexity index is 500. The summed E-state index contributed by atoms with van der Waals surface area (Å²) in [5.74, 6) is 0.0801. The molecule has 1 aliphatic rings. The second-order valence-electron chi connectivity index (χ2n) is 4.43. The molecule has 6 nitrogen and oxygen atoms in total. The lowest BCUT2D eigenvalue weighted by Crippen LogP contribution is -2.36. The summed E-state index contributed by atoms with van der Waals surface area (Å²) in [7, 11) is 3.29. The molecule has 0 radical (unpaired) electrons. The predicted octanol–water partition coefficient (Wildman–Crippen LogP) is 0.309. The lowest BCUT2D eigenvalue weighted by atomic mass is 10.1. The molecule has 1 aliphatic heterocycles. The average molecular weight is 263 g/mol. The predicted molar refractivity (Wildman–Crippen MR) is 71.5 cm³/mol. The van der Waals surface area contributed by atoms with Crippen LogP contribution in [0.1, 0.15) is 10.4 Å². The van der Waals surface area contributed by atoms with E-state index in [4.69, 9.17) is 4.74 Å². The molecule has 0 aromatic heterocycles. The maximum atomic E-state index is 12.1. The van der Waals surface area contributed by atoms with E-state index in [2.05, 4.69) is 10.6 Å². The zero-order valence-corrected chi connectivity index (χ0v) is 11.0. The van der Waals surface area contributed by atoms with Gasteiger partial charge in [0, 0.05) is 20.6 Å². The fourth-order valence-electron chi connectivity index (χ4n) is 1.76. The smallest absolute Gasteiger partial charge is 0.255 e. The van der Waals surface area contributed by atoms with E-state index >= 15 is 0 Å². The van der Waals surface area contributed by atoms with Crippen molar-refractivity contribution in [1.29, 1.82) is 0 Å². The van der Waals surface area contributed by atoms with E-state index in [1.54, 1.807) is 26.2 Å². The molecule has 6 heteroatoms. The Labute approximate surface area is 111 Å². The van der Waals surface area contributed by atoms with Crippen molar-refractivity contribution in [3.63, 3.8) is 0 Å². The van der Waals surface area contributed by atoms with Crippen LogP contribution in [0.15, 0.2) is 18.2 Å². The molecular formula is C13H17N3O3. The Balaban J connectivity index is 2.09. The minimum atomic E-state index is -0.309. The summed E-state index contributed by atoms with van der Waals surface area (Å²) in [5, 5.41) is 5.75. The summed E-state index contributed by atoms with van der Waals surface area (Å²) in [4.78, 5) is 24.9. The highest BCUT2D eigenvalue weighted by molar-refractivity contribution is 6.00. The van der Waals surface area contributed by atoms with Crippen molar-refractivity contribution in [1.82, 2.24) is 10.2 Å². The molecule has 2 N–H and O–H groups in total. The summed E-state index contributed by atoms with van der Waals surface area (Å²) < 4.78 is 5.51. The first-order chi connectivity index (χ1) is 9.09. The molecule has 2 amide bonds. The average Bonchev–Trinajstić information content (AvgIpc) is 2.43. The van der Waals surface area contributed by atoms with E-state index in [1.807, 2.05) is 6.07 Å². The van der Waals surface area contributed by atoms with Crippen LogP contribution in [0.5, 0.6) is 5.75 Å². The summed E-state index contributed by atoms with van der Waals surface area (Å²) >= 11 is 0. The van der Waals surface area contributed by atoms with Crippen LogP contribution in [0.25, 0.3) is 0 Å². The SMILES string of the molecule is CN(C)C(=O)CNC(=O)c1cccc2c1OCCN2. The van der Waals surface area contributed by atoms with Crippen molar-refractivity contribution in [3.8, 4) is 5.75 Å². The molecule has 1 aromatic rings. The molecule has 102 valence electrons. The molecule has 0 saturated heterocycles. The number of fused-ring (bicyclic) bond motifs is 1. The number of ether oxygens (including phenoxy) is 1. The van der Waals surface area contributed by atoms with Crippen LogP contribution in [-0.2, 0) is 4.79 Å². The molecule has 0 spiro atoms. The van der Waals surface area contributed by atoms with Crippen LogP contribution in [0.3, 0.4) is 0 Å². The fraction of sp³-hybridized carbons (Fsp3) is 0.385. The number of anilines is 1. The standard InChI is InChI=1S/C13H17N3O3/c1-16(2)11(17)8-15-13(18)9-4-3-5-10-12(9)19-7-6-14-10/h3-5,14H,6-8H2,1-2H3,(H,15,18). The zero-order valence-electron chi connectivity index (χ0n) is 11.0. The number of rotatable bonds is 3. The van der Waals surface area contributed by atoms with E-state index in [0.717, 1.165) is 12.2 Å². The normalized spacial score (nSPS) is 12.7. The van der Waals surface area contributed by atoms with Gasteiger partial charge in [0.05, 0.1) is 17.8 Å². The van der Waals surface area contributed by atoms with Crippen LogP contribution in [0, 0.1) is 0 Å². The third-order valence-electron chi connectivity index (χ3n) is 2.82. The number of benzene rings is 1. The van der Waals surface area contributed by atoms with Gasteiger partial charge in [-0.25, -0.2) is 0 Å². The maximum absolute atomic E-state index is 12.1. The van der Waals surface area contributed by atoms with Crippen LogP contribution in [0.4, 0.5) is 5.69 Å². The molecule has 0 unspecified atom stereocenters. The first-order valence-electron chi connectivity index (χ1n) is 6.07. The highest BCUT2D eigenvalue weighted by Gasteiger charge is 2.19. The Hall–Kier alpha value is -2.24. The van der Waals surface area contributed by atoms with Crippen LogP contribution >= 0.6 is 0 Å². The monoisotopic (exact) mass is 263 g/mol. The number of nitrogens with zero attached hydrogens (tertiary/aromatic N) is 1. The number of hydrogen-bond donors (Lipinski definition) is 2. The quantitative estimate of drug-likeness (QED) is 0.823. The van der Waals surface area contributed by atoms with Crippen molar-refractivity contribution in [2.75, 3.05) is 39.1 Å². The largest absolute Gasteiger partial charge is 0.489 e. The molecule has 0 atom stereocenters. The Morgan fingerprint density at radius 1 is 1.42 bits per heavy atom. The first-order valence-corrected chi connectivity index (χ1v) is 6.07. The van der Waals surface area contributed by atoms with Gasteiger partial charge in [0.1, 0.15) is 6.61 Å². The Morgan fingerprint density at radius 2 is 2.21 bits per heavy atom. The van der Waals surface area contributed by atoms with Gasteiger partial charge in [-0.05, 0) is 12.1 Å². The lowest BCUT2D eigenvalue weighted by molar-refractivity contribution is -0.127. The molecule has 19 heavy (non-hydrogen) atoms. The zero-order chi connectivity index (χ0) is 13.8. The van der Waals surface area contributed by atoms with Crippen LogP contribution < -0.4 is 15.4 Å². The molecule has 0 aliphatic carbocycles. The van der Waals surface area contributed by atoms with E-state index in [0.29, 0.717) is 17.9 Å². The van der Waals surface area contributed by atoms with Gasteiger partial charge in [-0.1, -0.05) is 6.07 Å². The topological polar surface area (TPSA) is 70.7 Å². The van der Waals surface area contributed by atoms with Crippen molar-refractivity contribution < 1.29 is 14.3 Å². The van der Waals surface area contributed by atoms with Gasteiger partial charge in [0.15, 0.2) is 5.75 Å². The number of hydrogen-bond acceptors (Lipinski definition) is 4. The summed E-state index contributed by atoms with van der Waals surface area (Å²) in [6.45, 7) is 1.22. The summed E-state index contributed by atoms with van der Waals surface area (Å²) in [6.07, 6.45) is 0. The van der Waals surface area contributed by atoms with Gasteiger partial charge in [-0.2, -0.15) is 0 Å². The van der Waals surface area contributed by atoms with E-state index in [1.165, 1.54) is 4.90 Å². The highest BCUT2D eigenvalue weighted by atomic mass is 16.5. The Kier molecular flexibility index (Phi) is 3.89. The number of para-hydroxylation sites is 1. The first kappa shape index (κ1) is 13.2. The van der Waals surface area contributed by atoms with Gasteiger partial charge in [-0.15, -0.1) is 0 Å². The van der Waals surface area contributed by atoms with E-state index in [-0.39, 0.29) is 18.4 Å². The van der Waals surface area contributed by atoms with Gasteiger partial charge in [0.25, 0.3) is 5.91 Å². The number of carbonyl (C=O) groups is 2. The van der Waals surface area contributed by atoms with Gasteiger partial charge in [-0.3, -0.25) is 9.59 Å². The maximum Gasteiger partial charge on any atom is 0.255 e. The number of likely N-dealkylation sites (N-methyl/N-ethyl adjacent to an activating group) is 1. The van der Waals surface area contributed by atoms with E-state index < -0.39 is 0 Å². The second kappa shape index (κ2) is 5.60. The van der Waals surface area contributed by atoms with Crippen molar-refractivity contribution in [2.24, 2.45) is 0 Å². The minimum Gasteiger partial charge on any atom is -0.489 e. The fourth-order valence-corrected chi connectivity index (χ4v) is 1.76.